The molecule has 5 aromatic heterocycles. The lowest BCUT2D eigenvalue weighted by Crippen LogP contribution is -2.17. The van der Waals surface area contributed by atoms with Crippen molar-refractivity contribution in [3.63, 3.8) is 0 Å². The Bertz CT molecular complexity index is 6500. The van der Waals surface area contributed by atoms with E-state index in [1.54, 1.807) is 0 Å². The van der Waals surface area contributed by atoms with E-state index in [4.69, 9.17) is 15.0 Å². The number of benzene rings is 13. The van der Waals surface area contributed by atoms with Crippen LogP contribution in [0.25, 0.3) is 166 Å². The Morgan fingerprint density at radius 1 is 0.245 bits per heavy atom. The van der Waals surface area contributed by atoms with Crippen LogP contribution in [0.4, 0.5) is 0 Å². The van der Waals surface area contributed by atoms with Gasteiger partial charge in [-0.05, 0) is 195 Å². The van der Waals surface area contributed by atoms with E-state index in [-0.39, 0.29) is 21.7 Å². The molecule has 106 heavy (non-hydrogen) atoms. The van der Waals surface area contributed by atoms with Gasteiger partial charge < -0.3 is 18.3 Å². The summed E-state index contributed by atoms with van der Waals surface area (Å²) >= 11 is 0. The third kappa shape index (κ3) is 11.0. The second-order valence-corrected chi connectivity index (χ2v) is 32.9. The first kappa shape index (κ1) is 65.6. The Hall–Kier alpha value is -12.4. The average molecular weight is 1370 g/mol. The summed E-state index contributed by atoms with van der Waals surface area (Å²) in [6.45, 7) is 27.4. The van der Waals surface area contributed by atoms with Gasteiger partial charge in [0.05, 0.1) is 67.1 Å². The topological polar surface area (TPSA) is 82.2 Å². The molecule has 0 amide bonds. The number of hydrogen-bond acceptors (Lipinski definition) is 4. The molecule has 8 nitrogen and oxygen atoms in total. The lowest BCUT2D eigenvalue weighted by Gasteiger charge is -2.26. The number of hydrogen-bond donors (Lipinski definition) is 0. The van der Waals surface area contributed by atoms with Gasteiger partial charge in [0, 0.05) is 82.3 Å². The summed E-state index contributed by atoms with van der Waals surface area (Å²) in [6, 6.07) is 105. The summed E-state index contributed by atoms with van der Waals surface area (Å²) in [5.74, 6) is 1.77. The highest BCUT2D eigenvalue weighted by Crippen LogP contribution is 2.48. The summed E-state index contributed by atoms with van der Waals surface area (Å²) in [4.78, 5) is 17.2. The van der Waals surface area contributed by atoms with Crippen LogP contribution in [-0.2, 0) is 21.7 Å². The van der Waals surface area contributed by atoms with Gasteiger partial charge in [0.15, 0.2) is 17.5 Å². The van der Waals surface area contributed by atoms with E-state index in [0.717, 1.165) is 127 Å². The Morgan fingerprint density at radius 3 is 0.906 bits per heavy atom. The van der Waals surface area contributed by atoms with Crippen LogP contribution in [-0.4, -0.2) is 33.2 Å². The van der Waals surface area contributed by atoms with Crippen molar-refractivity contribution in [3.8, 4) is 85.2 Å². The van der Waals surface area contributed by atoms with Crippen molar-refractivity contribution < 1.29 is 0 Å². The van der Waals surface area contributed by atoms with Crippen LogP contribution in [0.2, 0.25) is 0 Å². The standard InChI is InChI=1S/C98H82N8/c1-95(2,3)66-47-64(48-67(53-66)96(4,5)6)93-100-92(101-94(102-93)65-49-68(97(7,8)9)54-69(50-65)98(10,11)12)63-44-46-87(106-85-38-26-22-34-75(85)81-56-79-73-32-20-24-36-83(73)104(89(79)58-91(81)106)71-29-17-14-18-30-71)77(52-63)76-51-62(61-41-39-60(59-99)40-42-61)43-45-86(76)105-84-37-25-21-33-74(84)80-55-78-72-31-19-23-35-82(72)103(88(78)57-90(80)105)70-27-15-13-16-28-70/h13-58H,1-12H3. The molecule has 13 aromatic carbocycles. The first-order chi connectivity index (χ1) is 51.0. The van der Waals surface area contributed by atoms with E-state index in [1.165, 1.54) is 43.8 Å². The van der Waals surface area contributed by atoms with Gasteiger partial charge in [0.25, 0.3) is 0 Å². The molecule has 0 N–H and O–H groups in total. The molecule has 0 unspecified atom stereocenters. The van der Waals surface area contributed by atoms with Crippen LogP contribution in [0.15, 0.2) is 279 Å². The van der Waals surface area contributed by atoms with Crippen LogP contribution in [0.3, 0.4) is 0 Å². The molecular formula is C98H82N8. The van der Waals surface area contributed by atoms with Gasteiger partial charge >= 0.3 is 0 Å². The predicted octanol–water partition coefficient (Wildman–Crippen LogP) is 25.7. The molecule has 0 aliphatic heterocycles. The molecule has 8 heteroatoms. The van der Waals surface area contributed by atoms with Crippen LogP contribution in [0, 0.1) is 11.3 Å². The molecule has 0 bridgehead atoms. The number of nitrogens with zero attached hydrogens (tertiary/aromatic N) is 8. The molecule has 5 heterocycles. The van der Waals surface area contributed by atoms with Crippen molar-refractivity contribution in [2.45, 2.75) is 105 Å². The highest BCUT2D eigenvalue weighted by atomic mass is 15.1. The molecule has 0 saturated carbocycles. The first-order valence-corrected chi connectivity index (χ1v) is 37.0. The molecule has 0 radical (unpaired) electrons. The fourth-order valence-corrected chi connectivity index (χ4v) is 16.0. The average Bonchev–Trinajstić information content (AvgIpc) is 1.56. The fraction of sp³-hybridized carbons (Fsp3) is 0.163. The molecular weight excluding hydrogens is 1290 g/mol. The molecule has 0 aliphatic rings. The normalized spacial score (nSPS) is 12.5. The van der Waals surface area contributed by atoms with Crippen LogP contribution < -0.4 is 0 Å². The molecule has 0 aliphatic carbocycles. The Kier molecular flexibility index (Phi) is 15.1. The minimum Gasteiger partial charge on any atom is -0.309 e. The van der Waals surface area contributed by atoms with Gasteiger partial charge in [-0.1, -0.05) is 223 Å². The zero-order valence-corrected chi connectivity index (χ0v) is 62.1. The monoisotopic (exact) mass is 1370 g/mol. The first-order valence-electron chi connectivity index (χ1n) is 37.0. The second-order valence-electron chi connectivity index (χ2n) is 32.9. The van der Waals surface area contributed by atoms with Crippen molar-refractivity contribution >= 4 is 87.2 Å². The minimum absolute atomic E-state index is 0.175. The highest BCUT2D eigenvalue weighted by molar-refractivity contribution is 6.21. The maximum Gasteiger partial charge on any atom is 0.164 e. The van der Waals surface area contributed by atoms with Crippen molar-refractivity contribution in [1.82, 2.24) is 33.2 Å². The van der Waals surface area contributed by atoms with Gasteiger partial charge in [-0.3, -0.25) is 0 Å². The summed E-state index contributed by atoms with van der Waals surface area (Å²) < 4.78 is 9.85. The van der Waals surface area contributed by atoms with Crippen LogP contribution in [0.5, 0.6) is 0 Å². The van der Waals surface area contributed by atoms with E-state index in [1.807, 2.05) is 12.1 Å². The van der Waals surface area contributed by atoms with E-state index < -0.39 is 0 Å². The van der Waals surface area contributed by atoms with Gasteiger partial charge in [0.2, 0.25) is 0 Å². The fourth-order valence-electron chi connectivity index (χ4n) is 16.0. The molecule has 514 valence electrons. The van der Waals surface area contributed by atoms with Crippen molar-refractivity contribution in [2.75, 3.05) is 0 Å². The Balaban J connectivity index is 0.993. The molecule has 0 atom stereocenters. The van der Waals surface area contributed by atoms with Gasteiger partial charge in [0.1, 0.15) is 0 Å². The van der Waals surface area contributed by atoms with E-state index in [0.29, 0.717) is 23.0 Å². The molecule has 0 fully saturated rings. The quantitative estimate of drug-likeness (QED) is 0.144. The summed E-state index contributed by atoms with van der Waals surface area (Å²) in [7, 11) is 0. The van der Waals surface area contributed by atoms with Crippen molar-refractivity contribution in [2.24, 2.45) is 0 Å². The molecule has 18 rings (SSSR count). The minimum atomic E-state index is -0.175. The predicted molar refractivity (Wildman–Crippen MR) is 444 cm³/mol. The Morgan fingerprint density at radius 2 is 0.547 bits per heavy atom. The SMILES string of the molecule is CC(C)(C)c1cc(-c2nc(-c3cc(C(C)(C)C)cc(C(C)(C)C)c3)nc(-c3ccc(-n4c5ccccc5c5cc6c7ccccc7n(-c7ccccc7)c6cc54)c(-c4cc(-c5ccc(C#N)cc5)ccc4-n4c5ccccc5c5cc6c7ccccc7n(-c7ccccc7)c6cc54)c3)n2)cc(C(C)(C)C)c1. The maximum atomic E-state index is 10.2. The number of fused-ring (bicyclic) bond motifs is 12. The van der Waals surface area contributed by atoms with E-state index >= 15 is 0 Å². The molecule has 18 aromatic rings. The summed E-state index contributed by atoms with van der Waals surface area (Å²) in [5, 5.41) is 19.6. The van der Waals surface area contributed by atoms with Gasteiger partial charge in [-0.2, -0.15) is 5.26 Å². The largest absolute Gasteiger partial charge is 0.309 e. The lowest BCUT2D eigenvalue weighted by molar-refractivity contribution is 0.568. The van der Waals surface area contributed by atoms with E-state index in [2.05, 4.69) is 374 Å². The third-order valence-corrected chi connectivity index (χ3v) is 21.8. The molecule has 0 spiro atoms. The van der Waals surface area contributed by atoms with Gasteiger partial charge in [-0.25, -0.2) is 15.0 Å². The van der Waals surface area contributed by atoms with Gasteiger partial charge in [-0.15, -0.1) is 0 Å². The number of rotatable bonds is 9. The second kappa shape index (κ2) is 24.3. The van der Waals surface area contributed by atoms with Crippen LogP contribution in [0.1, 0.15) is 111 Å². The molecule has 0 saturated heterocycles. The summed E-state index contributed by atoms with van der Waals surface area (Å²) in [6.07, 6.45) is 0. The maximum absolute atomic E-state index is 10.2. The third-order valence-electron chi connectivity index (χ3n) is 21.8. The van der Waals surface area contributed by atoms with Crippen molar-refractivity contribution in [3.05, 3.63) is 307 Å². The highest BCUT2D eigenvalue weighted by Gasteiger charge is 2.29. The Labute approximate surface area is 618 Å². The lowest BCUT2D eigenvalue weighted by atomic mass is 9.79. The van der Waals surface area contributed by atoms with Crippen molar-refractivity contribution in [1.29, 1.82) is 5.26 Å². The zero-order valence-electron chi connectivity index (χ0n) is 62.1. The number of aromatic nitrogens is 7. The van der Waals surface area contributed by atoms with E-state index in [9.17, 15) is 5.26 Å². The smallest absolute Gasteiger partial charge is 0.164 e. The summed E-state index contributed by atoms with van der Waals surface area (Å²) in [5.41, 5.74) is 24.3. The number of nitriles is 1. The van der Waals surface area contributed by atoms with Crippen LogP contribution >= 0.6 is 0 Å². The number of para-hydroxylation sites is 6. The zero-order chi connectivity index (χ0) is 72.9.